The third-order valence-corrected chi connectivity index (χ3v) is 9.37. The summed E-state index contributed by atoms with van der Waals surface area (Å²) in [5.41, 5.74) is 4.36. The number of anilines is 1. The molecule has 0 fully saturated rings. The van der Waals surface area contributed by atoms with E-state index in [9.17, 15) is 13.2 Å². The second-order valence-electron chi connectivity index (χ2n) is 9.22. The van der Waals surface area contributed by atoms with E-state index in [0.717, 1.165) is 14.8 Å². The molecule has 0 bridgehead atoms. The number of carbonyl (C=O) groups excluding carboxylic acids is 1. The van der Waals surface area contributed by atoms with E-state index in [0.29, 0.717) is 46.2 Å². The lowest BCUT2D eigenvalue weighted by Crippen LogP contribution is -2.39. The van der Waals surface area contributed by atoms with Crippen molar-refractivity contribution in [2.75, 3.05) is 30.8 Å². The fourth-order valence-corrected chi connectivity index (χ4v) is 6.50. The Morgan fingerprint density at radius 2 is 1.70 bits per heavy atom. The van der Waals surface area contributed by atoms with Gasteiger partial charge in [0, 0.05) is 4.90 Å². The topological polar surface area (TPSA) is 107 Å². The van der Waals surface area contributed by atoms with Crippen LogP contribution in [0.5, 0.6) is 17.2 Å². The van der Waals surface area contributed by atoms with Gasteiger partial charge in [-0.15, -0.1) is 11.8 Å². The molecule has 0 aliphatic rings. The van der Waals surface area contributed by atoms with Crippen molar-refractivity contribution in [2.24, 2.45) is 5.10 Å². The zero-order valence-electron chi connectivity index (χ0n) is 24.4. The lowest BCUT2D eigenvalue weighted by Gasteiger charge is -2.24. The molecule has 0 unspecified atom stereocenters. The van der Waals surface area contributed by atoms with Crippen molar-refractivity contribution in [2.45, 2.75) is 23.3 Å². The van der Waals surface area contributed by atoms with Crippen LogP contribution >= 0.6 is 27.7 Å². The van der Waals surface area contributed by atoms with E-state index in [2.05, 4.69) is 26.5 Å². The predicted octanol–water partition coefficient (Wildman–Crippen LogP) is 6.50. The van der Waals surface area contributed by atoms with Crippen LogP contribution in [0.2, 0.25) is 0 Å². The molecule has 0 radical (unpaired) electrons. The van der Waals surface area contributed by atoms with Gasteiger partial charge in [-0.3, -0.25) is 9.10 Å². The number of benzene rings is 4. The number of carbonyl (C=O) groups is 1. The van der Waals surface area contributed by atoms with E-state index >= 15 is 0 Å². The van der Waals surface area contributed by atoms with E-state index in [4.69, 9.17) is 14.2 Å². The molecule has 12 heteroatoms. The first kappa shape index (κ1) is 32.9. The van der Waals surface area contributed by atoms with Crippen LogP contribution in [0.25, 0.3) is 0 Å². The zero-order valence-corrected chi connectivity index (χ0v) is 27.6. The Labute approximate surface area is 270 Å². The van der Waals surface area contributed by atoms with E-state index in [1.54, 1.807) is 48.5 Å². The summed E-state index contributed by atoms with van der Waals surface area (Å²) in [5.74, 6) is 0.959. The van der Waals surface area contributed by atoms with Crippen LogP contribution in [0.4, 0.5) is 5.69 Å². The number of ether oxygens (including phenoxy) is 3. The molecule has 4 aromatic carbocycles. The monoisotopic (exact) mass is 697 g/mol. The van der Waals surface area contributed by atoms with Crippen LogP contribution in [0.3, 0.4) is 0 Å². The lowest BCUT2D eigenvalue weighted by molar-refractivity contribution is -0.119. The highest BCUT2D eigenvalue weighted by Crippen LogP contribution is 2.37. The lowest BCUT2D eigenvalue weighted by atomic mass is 10.2. The second kappa shape index (κ2) is 15.6. The number of thioether (sulfide) groups is 1. The standard InChI is InChI=1S/C32H32BrN3O6S2/c1-4-41-26-12-10-25(11-13-26)36(44(38,39)28-16-14-27(43-3)15-17-28)21-31(37)35-34-20-24-18-29(33)32(30(19-24)40-2)42-22-23-8-6-5-7-9-23/h5-20H,4,21-22H2,1-3H3,(H,35,37)/b34-20-. The maximum absolute atomic E-state index is 13.7. The van der Waals surface area contributed by atoms with Gasteiger partial charge in [-0.05, 0) is 101 Å². The molecule has 0 atom stereocenters. The summed E-state index contributed by atoms with van der Waals surface area (Å²) >= 11 is 5.02. The quantitative estimate of drug-likeness (QED) is 0.0911. The van der Waals surface area contributed by atoms with Crippen molar-refractivity contribution in [3.05, 3.63) is 107 Å². The molecule has 0 heterocycles. The highest BCUT2D eigenvalue weighted by atomic mass is 79.9. The maximum Gasteiger partial charge on any atom is 0.264 e. The van der Waals surface area contributed by atoms with Gasteiger partial charge < -0.3 is 14.2 Å². The average molecular weight is 699 g/mol. The Morgan fingerprint density at radius 3 is 2.34 bits per heavy atom. The molecule has 0 aliphatic heterocycles. The number of hydrogen-bond donors (Lipinski definition) is 1. The van der Waals surface area contributed by atoms with Crippen molar-refractivity contribution < 1.29 is 27.4 Å². The van der Waals surface area contributed by atoms with Gasteiger partial charge in [0.25, 0.3) is 15.9 Å². The molecule has 4 rings (SSSR count). The molecule has 0 spiro atoms. The molecule has 0 aromatic heterocycles. The highest BCUT2D eigenvalue weighted by molar-refractivity contribution is 9.10. The third-order valence-electron chi connectivity index (χ3n) is 6.25. The van der Waals surface area contributed by atoms with Gasteiger partial charge in [-0.2, -0.15) is 5.10 Å². The molecule has 4 aromatic rings. The molecule has 1 N–H and O–H groups in total. The number of amides is 1. The summed E-state index contributed by atoms with van der Waals surface area (Å²) in [6, 6.07) is 26.3. The van der Waals surface area contributed by atoms with Gasteiger partial charge in [-0.1, -0.05) is 30.3 Å². The summed E-state index contributed by atoms with van der Waals surface area (Å²) in [7, 11) is -2.56. The minimum absolute atomic E-state index is 0.0620. The van der Waals surface area contributed by atoms with Crippen molar-refractivity contribution in [3.8, 4) is 17.2 Å². The number of rotatable bonds is 14. The molecule has 0 saturated carbocycles. The normalized spacial score (nSPS) is 11.3. The fraction of sp³-hybridized carbons (Fsp3) is 0.188. The summed E-state index contributed by atoms with van der Waals surface area (Å²) in [6.07, 6.45) is 3.34. The van der Waals surface area contributed by atoms with Crippen molar-refractivity contribution in [3.63, 3.8) is 0 Å². The molecular formula is C32H32BrN3O6S2. The van der Waals surface area contributed by atoms with Gasteiger partial charge in [0.2, 0.25) is 0 Å². The molecular weight excluding hydrogens is 666 g/mol. The van der Waals surface area contributed by atoms with Crippen molar-refractivity contribution in [1.82, 2.24) is 5.43 Å². The summed E-state index contributed by atoms with van der Waals surface area (Å²) in [5, 5.41) is 4.06. The SMILES string of the molecule is CCOc1ccc(N(CC(=O)N/N=C\c2cc(Br)c(OCc3ccccc3)c(OC)c2)S(=O)(=O)c2ccc(SC)cc2)cc1. The first-order valence-electron chi connectivity index (χ1n) is 13.5. The Kier molecular flexibility index (Phi) is 11.7. The van der Waals surface area contributed by atoms with Gasteiger partial charge >= 0.3 is 0 Å². The van der Waals surface area contributed by atoms with Gasteiger partial charge in [0.1, 0.15) is 18.9 Å². The van der Waals surface area contributed by atoms with Crippen molar-refractivity contribution >= 4 is 55.5 Å². The van der Waals surface area contributed by atoms with Crippen LogP contribution in [0.15, 0.2) is 110 Å². The summed E-state index contributed by atoms with van der Waals surface area (Å²) < 4.78 is 46.1. The number of nitrogens with one attached hydrogen (secondary N) is 1. The maximum atomic E-state index is 13.7. The Balaban J connectivity index is 1.50. The number of hydrogen-bond acceptors (Lipinski definition) is 8. The van der Waals surface area contributed by atoms with E-state index in [1.807, 2.05) is 43.5 Å². The van der Waals surface area contributed by atoms with Crippen LogP contribution in [0.1, 0.15) is 18.1 Å². The Morgan fingerprint density at radius 1 is 1.00 bits per heavy atom. The second-order valence-corrected chi connectivity index (χ2v) is 12.8. The number of hydrazone groups is 1. The van der Waals surface area contributed by atoms with Crippen LogP contribution in [-0.2, 0) is 21.4 Å². The van der Waals surface area contributed by atoms with Gasteiger partial charge in [0.15, 0.2) is 11.5 Å². The third kappa shape index (κ3) is 8.55. The minimum Gasteiger partial charge on any atom is -0.494 e. The zero-order chi connectivity index (χ0) is 31.5. The molecule has 44 heavy (non-hydrogen) atoms. The summed E-state index contributed by atoms with van der Waals surface area (Å²) in [6.45, 7) is 2.18. The van der Waals surface area contributed by atoms with E-state index in [-0.39, 0.29) is 4.90 Å². The molecule has 230 valence electrons. The number of nitrogens with zero attached hydrogens (tertiary/aromatic N) is 2. The number of sulfonamides is 1. The van der Waals surface area contributed by atoms with E-state index in [1.165, 1.54) is 37.2 Å². The fourth-order valence-electron chi connectivity index (χ4n) is 4.09. The van der Waals surface area contributed by atoms with Crippen molar-refractivity contribution in [1.29, 1.82) is 0 Å². The Bertz CT molecular complexity index is 1680. The average Bonchev–Trinajstić information content (AvgIpc) is 3.04. The Hall–Kier alpha value is -4.00. The highest BCUT2D eigenvalue weighted by Gasteiger charge is 2.27. The van der Waals surface area contributed by atoms with Crippen LogP contribution < -0.4 is 23.9 Å². The molecule has 9 nitrogen and oxygen atoms in total. The smallest absolute Gasteiger partial charge is 0.264 e. The predicted molar refractivity (Wildman–Crippen MR) is 178 cm³/mol. The summed E-state index contributed by atoms with van der Waals surface area (Å²) in [4.78, 5) is 14.0. The minimum atomic E-state index is -4.09. The van der Waals surface area contributed by atoms with Gasteiger partial charge in [0.05, 0.1) is 35.0 Å². The number of halogens is 1. The number of methoxy groups -OCH3 is 1. The molecule has 0 saturated heterocycles. The van der Waals surface area contributed by atoms with E-state index < -0.39 is 22.5 Å². The van der Waals surface area contributed by atoms with Crippen LogP contribution in [0, 0.1) is 0 Å². The largest absolute Gasteiger partial charge is 0.494 e. The first-order chi connectivity index (χ1) is 21.2. The van der Waals surface area contributed by atoms with Gasteiger partial charge in [-0.25, -0.2) is 13.8 Å². The molecule has 1 amide bonds. The molecule has 0 aliphatic carbocycles. The first-order valence-corrected chi connectivity index (χ1v) is 17.0. The van der Waals surface area contributed by atoms with Crippen LogP contribution in [-0.4, -0.2) is 47.1 Å².